The summed E-state index contributed by atoms with van der Waals surface area (Å²) in [7, 11) is -3.52. The topological polar surface area (TPSA) is 58.5 Å². The zero-order valence-corrected chi connectivity index (χ0v) is 12.1. The van der Waals surface area contributed by atoms with Crippen molar-refractivity contribution in [2.45, 2.75) is 35.8 Å². The van der Waals surface area contributed by atoms with Crippen molar-refractivity contribution < 1.29 is 8.42 Å². The molecule has 0 spiro atoms. The van der Waals surface area contributed by atoms with Crippen molar-refractivity contribution >= 4 is 33.3 Å². The number of benzene rings is 1. The lowest BCUT2D eigenvalue weighted by atomic mass is 10.3. The molecule has 6 heteroatoms. The molecule has 0 aromatic heterocycles. The van der Waals surface area contributed by atoms with Gasteiger partial charge in [0.05, 0.1) is 11.4 Å². The molecule has 0 atom stereocenters. The van der Waals surface area contributed by atoms with Gasteiger partial charge in [0.2, 0.25) is 0 Å². The van der Waals surface area contributed by atoms with Gasteiger partial charge in [0, 0.05) is 5.25 Å². The van der Waals surface area contributed by atoms with E-state index in [1.54, 1.807) is 18.2 Å². The van der Waals surface area contributed by atoms with Gasteiger partial charge in [-0.15, -0.1) is 4.40 Å². The first-order valence-corrected chi connectivity index (χ1v) is 8.95. The number of hydrogen-bond acceptors (Lipinski definition) is 4. The van der Waals surface area contributed by atoms with Crippen molar-refractivity contribution in [1.82, 2.24) is 0 Å². The summed E-state index contributed by atoms with van der Waals surface area (Å²) in [5.74, 6) is 1.19. The van der Waals surface area contributed by atoms with Crippen molar-refractivity contribution in [3.8, 4) is 0 Å². The molecular formula is C13H16N2O2S2. The largest absolute Gasteiger partial charge is 0.341 e. The number of amidine groups is 1. The van der Waals surface area contributed by atoms with Crippen LogP contribution in [0.25, 0.3) is 0 Å². The Morgan fingerprint density at radius 1 is 1.26 bits per heavy atom. The molecule has 1 aromatic carbocycles. The zero-order chi connectivity index (χ0) is 13.3. The Kier molecular flexibility index (Phi) is 3.54. The van der Waals surface area contributed by atoms with E-state index >= 15 is 0 Å². The van der Waals surface area contributed by atoms with E-state index in [-0.39, 0.29) is 4.90 Å². The van der Waals surface area contributed by atoms with Gasteiger partial charge in [-0.3, -0.25) is 0 Å². The Bertz CT molecular complexity index is 605. The average Bonchev–Trinajstić information content (AvgIpc) is 2.89. The molecule has 4 nitrogen and oxygen atoms in total. The van der Waals surface area contributed by atoms with Gasteiger partial charge in [-0.05, 0) is 25.0 Å². The number of nitrogens with zero attached hydrogens (tertiary/aromatic N) is 1. The van der Waals surface area contributed by atoms with E-state index in [0.29, 0.717) is 22.5 Å². The van der Waals surface area contributed by atoms with E-state index in [1.165, 1.54) is 25.7 Å². The first-order chi connectivity index (χ1) is 9.15. The van der Waals surface area contributed by atoms with Crippen molar-refractivity contribution in [2.24, 2.45) is 4.40 Å². The van der Waals surface area contributed by atoms with Gasteiger partial charge in [-0.1, -0.05) is 25.0 Å². The van der Waals surface area contributed by atoms with Crippen LogP contribution in [-0.4, -0.2) is 25.3 Å². The van der Waals surface area contributed by atoms with Crippen LogP contribution in [0.4, 0.5) is 5.69 Å². The fourth-order valence-electron chi connectivity index (χ4n) is 2.48. The molecule has 1 heterocycles. The van der Waals surface area contributed by atoms with Crippen LogP contribution in [0.2, 0.25) is 0 Å². The summed E-state index contributed by atoms with van der Waals surface area (Å²) in [4.78, 5) is 0.268. The molecule has 0 bridgehead atoms. The quantitative estimate of drug-likeness (QED) is 0.932. The Morgan fingerprint density at radius 3 is 2.79 bits per heavy atom. The predicted molar refractivity (Wildman–Crippen MR) is 79.4 cm³/mol. The number of anilines is 1. The molecule has 102 valence electrons. The highest BCUT2D eigenvalue weighted by molar-refractivity contribution is 8.00. The lowest BCUT2D eigenvalue weighted by molar-refractivity contribution is 0.598. The van der Waals surface area contributed by atoms with Crippen LogP contribution >= 0.6 is 11.8 Å². The van der Waals surface area contributed by atoms with Gasteiger partial charge in [-0.2, -0.15) is 20.2 Å². The molecular weight excluding hydrogens is 280 g/mol. The molecule has 1 fully saturated rings. The summed E-state index contributed by atoms with van der Waals surface area (Å²) < 4.78 is 28.0. The highest BCUT2D eigenvalue weighted by atomic mass is 32.2. The molecule has 1 aliphatic heterocycles. The first kappa shape index (κ1) is 13.0. The van der Waals surface area contributed by atoms with Crippen LogP contribution in [0.1, 0.15) is 25.7 Å². The maximum Gasteiger partial charge on any atom is 0.286 e. The fourth-order valence-corrected chi connectivity index (χ4v) is 4.91. The molecule has 0 saturated heterocycles. The van der Waals surface area contributed by atoms with E-state index in [2.05, 4.69) is 9.71 Å². The summed E-state index contributed by atoms with van der Waals surface area (Å²) in [6, 6.07) is 6.91. The number of sulfonamides is 1. The van der Waals surface area contributed by atoms with Crippen LogP contribution in [0.3, 0.4) is 0 Å². The summed E-state index contributed by atoms with van der Waals surface area (Å²) >= 11 is 1.81. The number of para-hydroxylation sites is 1. The summed E-state index contributed by atoms with van der Waals surface area (Å²) in [6.07, 6.45) is 5.06. The standard InChI is InChI=1S/C13H16N2O2S2/c16-19(17)12-8-4-3-7-11(12)14-13(15-19)9-18-10-5-1-2-6-10/h3-4,7-8,10H,1-2,5-6,9H2,(H,14,15). The molecule has 0 radical (unpaired) electrons. The number of fused-ring (bicyclic) bond motifs is 1. The van der Waals surface area contributed by atoms with Gasteiger partial charge in [0.15, 0.2) is 0 Å². The smallest absolute Gasteiger partial charge is 0.286 e. The summed E-state index contributed by atoms with van der Waals surface area (Å²) in [6.45, 7) is 0. The third-order valence-electron chi connectivity index (χ3n) is 3.43. The first-order valence-electron chi connectivity index (χ1n) is 6.47. The Balaban J connectivity index is 1.76. The SMILES string of the molecule is O=S1(=O)N=C(CSC2CCCC2)Nc2ccccc21. The van der Waals surface area contributed by atoms with E-state index in [1.807, 2.05) is 17.8 Å². The number of nitrogens with one attached hydrogen (secondary N) is 1. The number of rotatable bonds is 3. The third-order valence-corrected chi connectivity index (χ3v) is 6.19. The average molecular weight is 296 g/mol. The lowest BCUT2D eigenvalue weighted by Crippen LogP contribution is -2.24. The number of hydrogen-bond donors (Lipinski definition) is 1. The van der Waals surface area contributed by atoms with Gasteiger partial charge in [0.1, 0.15) is 10.7 Å². The van der Waals surface area contributed by atoms with Crippen molar-refractivity contribution in [2.75, 3.05) is 11.1 Å². The molecule has 1 aliphatic carbocycles. The minimum Gasteiger partial charge on any atom is -0.341 e. The minimum absolute atomic E-state index is 0.268. The monoisotopic (exact) mass is 296 g/mol. The molecule has 19 heavy (non-hydrogen) atoms. The van der Waals surface area contributed by atoms with Crippen LogP contribution in [0.15, 0.2) is 33.6 Å². The van der Waals surface area contributed by atoms with E-state index in [9.17, 15) is 8.42 Å². The maximum atomic E-state index is 12.0. The number of thioether (sulfide) groups is 1. The van der Waals surface area contributed by atoms with E-state index < -0.39 is 10.0 Å². The van der Waals surface area contributed by atoms with Crippen molar-refractivity contribution in [3.63, 3.8) is 0 Å². The van der Waals surface area contributed by atoms with Crippen LogP contribution in [-0.2, 0) is 10.0 Å². The highest BCUT2D eigenvalue weighted by Crippen LogP contribution is 2.31. The third kappa shape index (κ3) is 2.79. The highest BCUT2D eigenvalue weighted by Gasteiger charge is 2.25. The molecule has 3 rings (SSSR count). The second kappa shape index (κ2) is 5.17. The zero-order valence-electron chi connectivity index (χ0n) is 10.5. The molecule has 0 amide bonds. The Labute approximate surface area is 117 Å². The fraction of sp³-hybridized carbons (Fsp3) is 0.462. The molecule has 1 saturated carbocycles. The lowest BCUT2D eigenvalue weighted by Gasteiger charge is -2.18. The van der Waals surface area contributed by atoms with Crippen LogP contribution in [0, 0.1) is 0 Å². The minimum atomic E-state index is -3.52. The van der Waals surface area contributed by atoms with Gasteiger partial charge >= 0.3 is 0 Å². The summed E-state index contributed by atoms with van der Waals surface area (Å²) in [5, 5.41) is 3.78. The second-order valence-electron chi connectivity index (χ2n) is 4.85. The van der Waals surface area contributed by atoms with Crippen molar-refractivity contribution in [1.29, 1.82) is 0 Å². The second-order valence-corrected chi connectivity index (χ2v) is 7.71. The van der Waals surface area contributed by atoms with Gasteiger partial charge in [0.25, 0.3) is 10.0 Å². The predicted octanol–water partition coefficient (Wildman–Crippen LogP) is 2.88. The van der Waals surface area contributed by atoms with Gasteiger partial charge < -0.3 is 5.32 Å². The van der Waals surface area contributed by atoms with E-state index in [0.717, 1.165) is 0 Å². The molecule has 1 aromatic rings. The normalized spacial score (nSPS) is 21.6. The Morgan fingerprint density at radius 2 is 2.00 bits per heavy atom. The summed E-state index contributed by atoms with van der Waals surface area (Å²) in [5.41, 5.74) is 0.638. The Hall–Kier alpha value is -1.01. The van der Waals surface area contributed by atoms with E-state index in [4.69, 9.17) is 0 Å². The van der Waals surface area contributed by atoms with Crippen molar-refractivity contribution in [3.05, 3.63) is 24.3 Å². The van der Waals surface area contributed by atoms with Crippen LogP contribution < -0.4 is 5.32 Å². The van der Waals surface area contributed by atoms with Gasteiger partial charge in [-0.25, -0.2) is 0 Å². The van der Waals surface area contributed by atoms with Crippen LogP contribution in [0.5, 0.6) is 0 Å². The maximum absolute atomic E-state index is 12.0. The molecule has 0 unspecified atom stereocenters. The molecule has 2 aliphatic rings. The molecule has 1 N–H and O–H groups in total.